The number of piperidine rings is 1. The summed E-state index contributed by atoms with van der Waals surface area (Å²) < 4.78 is 0. The highest BCUT2D eigenvalue weighted by Gasteiger charge is 2.25. The van der Waals surface area contributed by atoms with Crippen molar-refractivity contribution in [2.75, 3.05) is 26.2 Å². The Bertz CT molecular complexity index is 175. The number of rotatable bonds is 5. The van der Waals surface area contributed by atoms with Crippen molar-refractivity contribution in [1.29, 1.82) is 0 Å². The van der Waals surface area contributed by atoms with E-state index in [-0.39, 0.29) is 6.61 Å². The fourth-order valence-corrected chi connectivity index (χ4v) is 2.41. The third-order valence-corrected chi connectivity index (χ3v) is 3.50. The molecule has 0 aliphatic carbocycles. The third-order valence-electron chi connectivity index (χ3n) is 3.50. The van der Waals surface area contributed by atoms with Gasteiger partial charge in [-0.2, -0.15) is 0 Å². The molecule has 90 valence electrons. The van der Waals surface area contributed by atoms with E-state index >= 15 is 0 Å². The van der Waals surface area contributed by atoms with Crippen LogP contribution in [0.15, 0.2) is 0 Å². The zero-order valence-electron chi connectivity index (χ0n) is 10.4. The van der Waals surface area contributed by atoms with Crippen molar-refractivity contribution in [3.63, 3.8) is 0 Å². The molecule has 0 aromatic carbocycles. The quantitative estimate of drug-likeness (QED) is 0.719. The minimum atomic E-state index is 0.288. The molecular weight excluding hydrogens is 188 g/mol. The molecule has 3 atom stereocenters. The van der Waals surface area contributed by atoms with Gasteiger partial charge in [-0.25, -0.2) is 0 Å². The van der Waals surface area contributed by atoms with E-state index in [0.717, 1.165) is 12.3 Å². The van der Waals surface area contributed by atoms with Crippen LogP contribution in [0.5, 0.6) is 0 Å². The molecule has 1 rings (SSSR count). The molecule has 1 heterocycles. The second-order valence-electron chi connectivity index (χ2n) is 4.85. The Morgan fingerprint density at radius 2 is 2.27 bits per heavy atom. The van der Waals surface area contributed by atoms with Gasteiger partial charge in [0.1, 0.15) is 0 Å². The number of hydrogen-bond donors (Lipinski definition) is 2. The van der Waals surface area contributed by atoms with Crippen molar-refractivity contribution in [3.05, 3.63) is 0 Å². The maximum absolute atomic E-state index is 8.86. The molecule has 0 bridgehead atoms. The van der Waals surface area contributed by atoms with Gasteiger partial charge in [-0.3, -0.25) is 0 Å². The van der Waals surface area contributed by atoms with Crippen LogP contribution in [0.4, 0.5) is 0 Å². The molecule has 3 nitrogen and oxygen atoms in total. The van der Waals surface area contributed by atoms with Crippen LogP contribution < -0.4 is 5.32 Å². The maximum Gasteiger partial charge on any atom is 0.0445 e. The molecule has 0 aromatic heterocycles. The van der Waals surface area contributed by atoms with E-state index in [1.165, 1.54) is 26.1 Å². The molecule has 3 heteroatoms. The summed E-state index contributed by atoms with van der Waals surface area (Å²) in [6.07, 6.45) is 2.10. The van der Waals surface area contributed by atoms with Gasteiger partial charge in [-0.05, 0) is 38.8 Å². The molecule has 0 saturated carbocycles. The van der Waals surface area contributed by atoms with Crippen molar-refractivity contribution in [2.45, 2.75) is 45.7 Å². The second kappa shape index (κ2) is 6.46. The summed E-state index contributed by atoms with van der Waals surface area (Å²) in [7, 11) is 0. The van der Waals surface area contributed by atoms with Gasteiger partial charge in [0, 0.05) is 25.2 Å². The highest BCUT2D eigenvalue weighted by molar-refractivity contribution is 4.83. The molecule has 0 aromatic rings. The Kier molecular flexibility index (Phi) is 5.58. The number of nitrogens with one attached hydrogen (secondary N) is 1. The predicted molar refractivity (Wildman–Crippen MR) is 64.0 cm³/mol. The predicted octanol–water partition coefficient (Wildman–Crippen LogP) is 1.08. The first-order valence-corrected chi connectivity index (χ1v) is 6.26. The van der Waals surface area contributed by atoms with Crippen LogP contribution >= 0.6 is 0 Å². The first kappa shape index (κ1) is 12.9. The van der Waals surface area contributed by atoms with Crippen LogP contribution in [0.3, 0.4) is 0 Å². The molecular formula is C12H26N2O. The number of nitrogens with zero attached hydrogens (tertiary/aromatic N) is 1. The number of aliphatic hydroxyl groups is 1. The lowest BCUT2D eigenvalue weighted by Gasteiger charge is -2.38. The second-order valence-corrected chi connectivity index (χ2v) is 4.85. The van der Waals surface area contributed by atoms with Crippen molar-refractivity contribution in [1.82, 2.24) is 10.2 Å². The SMILES string of the molecule is CCN1CCC(N[C@H](C)CCO)C(C)C1. The van der Waals surface area contributed by atoms with Gasteiger partial charge in [0.25, 0.3) is 0 Å². The van der Waals surface area contributed by atoms with Gasteiger partial charge in [-0.1, -0.05) is 13.8 Å². The Morgan fingerprint density at radius 3 is 2.80 bits per heavy atom. The summed E-state index contributed by atoms with van der Waals surface area (Å²) in [5.41, 5.74) is 0. The van der Waals surface area contributed by atoms with Crippen LogP contribution in [0, 0.1) is 5.92 Å². The van der Waals surface area contributed by atoms with Crippen LogP contribution in [0.1, 0.15) is 33.6 Å². The molecule has 0 amide bonds. The van der Waals surface area contributed by atoms with Crippen molar-refractivity contribution < 1.29 is 5.11 Å². The van der Waals surface area contributed by atoms with E-state index in [1.54, 1.807) is 0 Å². The largest absolute Gasteiger partial charge is 0.396 e. The Balaban J connectivity index is 2.31. The minimum absolute atomic E-state index is 0.288. The van der Waals surface area contributed by atoms with Crippen molar-refractivity contribution in [2.24, 2.45) is 5.92 Å². The monoisotopic (exact) mass is 214 g/mol. The van der Waals surface area contributed by atoms with E-state index in [0.29, 0.717) is 12.1 Å². The summed E-state index contributed by atoms with van der Waals surface area (Å²) in [6, 6.07) is 1.07. The average molecular weight is 214 g/mol. The highest BCUT2D eigenvalue weighted by atomic mass is 16.3. The molecule has 2 unspecified atom stereocenters. The van der Waals surface area contributed by atoms with Crippen molar-refractivity contribution >= 4 is 0 Å². The van der Waals surface area contributed by atoms with Crippen LogP contribution in [-0.4, -0.2) is 48.3 Å². The Hall–Kier alpha value is -0.120. The molecule has 1 saturated heterocycles. The van der Waals surface area contributed by atoms with Gasteiger partial charge >= 0.3 is 0 Å². The van der Waals surface area contributed by atoms with Crippen LogP contribution in [0.25, 0.3) is 0 Å². The van der Waals surface area contributed by atoms with Gasteiger partial charge in [-0.15, -0.1) is 0 Å². The van der Waals surface area contributed by atoms with E-state index in [4.69, 9.17) is 5.11 Å². The van der Waals surface area contributed by atoms with E-state index in [2.05, 4.69) is 31.0 Å². The lowest BCUT2D eigenvalue weighted by atomic mass is 9.93. The first-order valence-electron chi connectivity index (χ1n) is 6.26. The maximum atomic E-state index is 8.86. The fraction of sp³-hybridized carbons (Fsp3) is 1.00. The summed E-state index contributed by atoms with van der Waals surface area (Å²) in [5.74, 6) is 0.722. The molecule has 15 heavy (non-hydrogen) atoms. The van der Waals surface area contributed by atoms with E-state index < -0.39 is 0 Å². The zero-order chi connectivity index (χ0) is 11.3. The standard InChI is InChI=1S/C12H26N2O/c1-4-14-7-5-12(10(2)9-14)13-11(3)6-8-15/h10-13,15H,4-9H2,1-3H3/t10?,11-,12?/m1/s1. The first-order chi connectivity index (χ1) is 7.17. The molecule has 1 aliphatic rings. The summed E-state index contributed by atoms with van der Waals surface area (Å²) in [4.78, 5) is 2.51. The van der Waals surface area contributed by atoms with E-state index in [1.807, 2.05) is 0 Å². The lowest BCUT2D eigenvalue weighted by molar-refractivity contribution is 0.143. The number of likely N-dealkylation sites (tertiary alicyclic amines) is 1. The van der Waals surface area contributed by atoms with Gasteiger partial charge < -0.3 is 15.3 Å². The fourth-order valence-electron chi connectivity index (χ4n) is 2.41. The summed E-state index contributed by atoms with van der Waals surface area (Å²) in [6.45, 7) is 10.6. The highest BCUT2D eigenvalue weighted by Crippen LogP contribution is 2.17. The summed E-state index contributed by atoms with van der Waals surface area (Å²) >= 11 is 0. The van der Waals surface area contributed by atoms with Crippen molar-refractivity contribution in [3.8, 4) is 0 Å². The van der Waals surface area contributed by atoms with Gasteiger partial charge in [0.05, 0.1) is 0 Å². The normalized spacial score (nSPS) is 30.4. The Labute approximate surface area is 93.9 Å². The molecule has 1 aliphatic heterocycles. The lowest BCUT2D eigenvalue weighted by Crippen LogP contribution is -2.50. The molecule has 1 fully saturated rings. The zero-order valence-corrected chi connectivity index (χ0v) is 10.4. The number of aliphatic hydroxyl groups excluding tert-OH is 1. The van der Waals surface area contributed by atoms with Gasteiger partial charge in [0.15, 0.2) is 0 Å². The topological polar surface area (TPSA) is 35.5 Å². The molecule has 2 N–H and O–H groups in total. The van der Waals surface area contributed by atoms with Crippen LogP contribution in [0.2, 0.25) is 0 Å². The number of hydrogen-bond acceptors (Lipinski definition) is 3. The minimum Gasteiger partial charge on any atom is -0.396 e. The summed E-state index contributed by atoms with van der Waals surface area (Å²) in [5, 5.41) is 12.5. The van der Waals surface area contributed by atoms with E-state index in [9.17, 15) is 0 Å². The smallest absolute Gasteiger partial charge is 0.0445 e. The molecule has 0 spiro atoms. The average Bonchev–Trinajstić information content (AvgIpc) is 2.21. The van der Waals surface area contributed by atoms with Gasteiger partial charge in [0.2, 0.25) is 0 Å². The van der Waals surface area contributed by atoms with Crippen LogP contribution in [-0.2, 0) is 0 Å². The third kappa shape index (κ3) is 4.09. The molecule has 0 radical (unpaired) electrons. The Morgan fingerprint density at radius 1 is 1.53 bits per heavy atom.